The van der Waals surface area contributed by atoms with Gasteiger partial charge in [-0.05, 0) is 14.0 Å². The van der Waals surface area contributed by atoms with Crippen LogP contribution < -0.4 is 5.73 Å². The Morgan fingerprint density at radius 3 is 2.73 bits per heavy atom. The van der Waals surface area contributed by atoms with Crippen LogP contribution in [0.4, 0.5) is 0 Å². The highest BCUT2D eigenvalue weighted by molar-refractivity contribution is 5.75. The number of likely N-dealkylation sites (N-methyl/N-ethyl adjacent to an activating group) is 1. The molecule has 1 heterocycles. The first-order valence-electron chi connectivity index (χ1n) is 5.32. The van der Waals surface area contributed by atoms with Crippen LogP contribution in [0.3, 0.4) is 0 Å². The molecule has 1 aliphatic heterocycles. The Labute approximate surface area is 91.2 Å². The van der Waals surface area contributed by atoms with Crippen LogP contribution in [-0.4, -0.2) is 68.2 Å². The summed E-state index contributed by atoms with van der Waals surface area (Å²) in [5.41, 5.74) is 5.60. The molecule has 2 atom stereocenters. The summed E-state index contributed by atoms with van der Waals surface area (Å²) in [5, 5.41) is 0. The lowest BCUT2D eigenvalue weighted by atomic mass is 10.1. The van der Waals surface area contributed by atoms with Crippen molar-refractivity contribution in [1.29, 1.82) is 0 Å². The molecule has 88 valence electrons. The van der Waals surface area contributed by atoms with Crippen molar-refractivity contribution >= 4 is 5.97 Å². The Bertz CT molecular complexity index is 223. The number of piperazine rings is 1. The Balaban J connectivity index is 2.58. The summed E-state index contributed by atoms with van der Waals surface area (Å²) in [4.78, 5) is 15.9. The summed E-state index contributed by atoms with van der Waals surface area (Å²) in [5.74, 6) is -0.228. The standard InChI is InChI=1S/C10H21N3O2/c1-8-7-13(5-4-12(8)2)9(6-11)10(14)15-3/h8-9H,4-7,11H2,1-3H3. The summed E-state index contributed by atoms with van der Waals surface area (Å²) in [6, 6.07) is 0.170. The molecule has 0 aliphatic carbocycles. The number of nitrogens with two attached hydrogens (primary N) is 1. The zero-order valence-corrected chi connectivity index (χ0v) is 9.77. The number of carbonyl (C=O) groups excluding carboxylic acids is 1. The van der Waals surface area contributed by atoms with Crippen LogP contribution in [-0.2, 0) is 9.53 Å². The number of esters is 1. The van der Waals surface area contributed by atoms with Crippen molar-refractivity contribution in [3.63, 3.8) is 0 Å². The Morgan fingerprint density at radius 2 is 2.27 bits per heavy atom. The molecular weight excluding hydrogens is 194 g/mol. The van der Waals surface area contributed by atoms with Crippen LogP contribution in [0.1, 0.15) is 6.92 Å². The second-order valence-corrected chi connectivity index (χ2v) is 4.10. The van der Waals surface area contributed by atoms with Crippen LogP contribution in [0.5, 0.6) is 0 Å². The first-order chi connectivity index (χ1) is 7.10. The lowest BCUT2D eigenvalue weighted by Gasteiger charge is -2.40. The third kappa shape index (κ3) is 2.90. The van der Waals surface area contributed by atoms with Gasteiger partial charge in [-0.3, -0.25) is 9.69 Å². The van der Waals surface area contributed by atoms with Gasteiger partial charge >= 0.3 is 5.97 Å². The lowest BCUT2D eigenvalue weighted by molar-refractivity contribution is -0.147. The zero-order valence-electron chi connectivity index (χ0n) is 9.77. The predicted octanol–water partition coefficient (Wildman–Crippen LogP) is -0.877. The topological polar surface area (TPSA) is 58.8 Å². The van der Waals surface area contributed by atoms with E-state index in [2.05, 4.69) is 23.8 Å². The van der Waals surface area contributed by atoms with E-state index in [-0.39, 0.29) is 12.0 Å². The lowest BCUT2D eigenvalue weighted by Crippen LogP contribution is -2.57. The molecule has 2 N–H and O–H groups in total. The molecule has 1 fully saturated rings. The smallest absolute Gasteiger partial charge is 0.324 e. The maximum absolute atomic E-state index is 11.5. The van der Waals surface area contributed by atoms with Gasteiger partial charge in [0.25, 0.3) is 0 Å². The number of hydrogen-bond donors (Lipinski definition) is 1. The van der Waals surface area contributed by atoms with Gasteiger partial charge in [0.05, 0.1) is 7.11 Å². The van der Waals surface area contributed by atoms with Crippen molar-refractivity contribution in [3.05, 3.63) is 0 Å². The van der Waals surface area contributed by atoms with Crippen molar-refractivity contribution in [1.82, 2.24) is 9.80 Å². The number of rotatable bonds is 3. The van der Waals surface area contributed by atoms with Gasteiger partial charge in [-0.1, -0.05) is 0 Å². The van der Waals surface area contributed by atoms with Crippen LogP contribution >= 0.6 is 0 Å². The van der Waals surface area contributed by atoms with Gasteiger partial charge in [0.2, 0.25) is 0 Å². The summed E-state index contributed by atoms with van der Waals surface area (Å²) in [7, 11) is 3.50. The van der Waals surface area contributed by atoms with Gasteiger partial charge in [-0.15, -0.1) is 0 Å². The third-order valence-corrected chi connectivity index (χ3v) is 3.13. The third-order valence-electron chi connectivity index (χ3n) is 3.13. The van der Waals surface area contributed by atoms with E-state index >= 15 is 0 Å². The molecule has 0 aromatic heterocycles. The number of ether oxygens (including phenoxy) is 1. The van der Waals surface area contributed by atoms with Crippen LogP contribution in [0.15, 0.2) is 0 Å². The molecule has 0 aromatic carbocycles. The Hall–Kier alpha value is -0.650. The molecule has 0 spiro atoms. The van der Waals surface area contributed by atoms with E-state index in [4.69, 9.17) is 10.5 Å². The highest BCUT2D eigenvalue weighted by atomic mass is 16.5. The molecule has 1 aliphatic rings. The van der Waals surface area contributed by atoms with Crippen molar-refractivity contribution in [2.45, 2.75) is 19.0 Å². The minimum atomic E-state index is -0.286. The average Bonchev–Trinajstić information content (AvgIpc) is 2.24. The molecule has 5 nitrogen and oxygen atoms in total. The first kappa shape index (κ1) is 12.4. The summed E-state index contributed by atoms with van der Waals surface area (Å²) in [6.45, 7) is 5.18. The quantitative estimate of drug-likeness (QED) is 0.620. The Kier molecular flexibility index (Phi) is 4.50. The van der Waals surface area contributed by atoms with Crippen molar-refractivity contribution < 1.29 is 9.53 Å². The van der Waals surface area contributed by atoms with Crippen molar-refractivity contribution in [2.75, 3.05) is 40.3 Å². The molecule has 1 saturated heterocycles. The van der Waals surface area contributed by atoms with E-state index in [9.17, 15) is 4.79 Å². The van der Waals surface area contributed by atoms with E-state index in [0.717, 1.165) is 19.6 Å². The molecule has 15 heavy (non-hydrogen) atoms. The van der Waals surface area contributed by atoms with E-state index in [1.807, 2.05) is 0 Å². The minimum Gasteiger partial charge on any atom is -0.468 e. The first-order valence-corrected chi connectivity index (χ1v) is 5.32. The number of carbonyl (C=O) groups is 1. The number of nitrogens with zero attached hydrogens (tertiary/aromatic N) is 2. The minimum absolute atomic E-state index is 0.228. The second-order valence-electron chi connectivity index (χ2n) is 4.10. The van der Waals surface area contributed by atoms with Gasteiger partial charge in [-0.2, -0.15) is 0 Å². The van der Waals surface area contributed by atoms with Gasteiger partial charge < -0.3 is 15.4 Å². The zero-order chi connectivity index (χ0) is 11.4. The normalized spacial score (nSPS) is 26.3. The second kappa shape index (κ2) is 5.44. The molecule has 0 bridgehead atoms. The van der Waals surface area contributed by atoms with Gasteiger partial charge in [-0.25, -0.2) is 0 Å². The monoisotopic (exact) mass is 215 g/mol. The number of methoxy groups -OCH3 is 1. The molecule has 1 rings (SSSR count). The SMILES string of the molecule is COC(=O)C(CN)N1CCN(C)C(C)C1. The maximum atomic E-state index is 11.5. The molecular formula is C10H21N3O2. The fourth-order valence-electron chi connectivity index (χ4n) is 1.89. The molecule has 0 amide bonds. The van der Waals surface area contributed by atoms with Crippen molar-refractivity contribution in [2.24, 2.45) is 5.73 Å². The van der Waals surface area contributed by atoms with E-state index in [1.165, 1.54) is 7.11 Å². The molecule has 0 saturated carbocycles. The highest BCUT2D eigenvalue weighted by Crippen LogP contribution is 2.10. The Morgan fingerprint density at radius 1 is 1.60 bits per heavy atom. The molecule has 0 aromatic rings. The van der Waals surface area contributed by atoms with Gasteiger partial charge in [0.1, 0.15) is 6.04 Å². The maximum Gasteiger partial charge on any atom is 0.324 e. The molecule has 2 unspecified atom stereocenters. The fourth-order valence-corrected chi connectivity index (χ4v) is 1.89. The fraction of sp³-hybridized carbons (Fsp3) is 0.900. The summed E-state index contributed by atoms with van der Waals surface area (Å²) in [6.07, 6.45) is 0. The van der Waals surface area contributed by atoms with Crippen LogP contribution in [0.25, 0.3) is 0 Å². The number of hydrogen-bond acceptors (Lipinski definition) is 5. The van der Waals surface area contributed by atoms with E-state index in [0.29, 0.717) is 12.6 Å². The highest BCUT2D eigenvalue weighted by Gasteiger charge is 2.30. The molecule has 5 heteroatoms. The van der Waals surface area contributed by atoms with Crippen LogP contribution in [0.2, 0.25) is 0 Å². The summed E-state index contributed by atoms with van der Waals surface area (Å²) < 4.78 is 4.74. The largest absolute Gasteiger partial charge is 0.468 e. The molecule has 0 radical (unpaired) electrons. The van der Waals surface area contributed by atoms with Crippen molar-refractivity contribution in [3.8, 4) is 0 Å². The van der Waals surface area contributed by atoms with Gasteiger partial charge in [0.15, 0.2) is 0 Å². The average molecular weight is 215 g/mol. The van der Waals surface area contributed by atoms with E-state index in [1.54, 1.807) is 0 Å². The van der Waals surface area contributed by atoms with Gasteiger partial charge in [0, 0.05) is 32.2 Å². The summed E-state index contributed by atoms with van der Waals surface area (Å²) >= 11 is 0. The van der Waals surface area contributed by atoms with E-state index < -0.39 is 0 Å². The predicted molar refractivity (Wildman–Crippen MR) is 58.5 cm³/mol. The van der Waals surface area contributed by atoms with Crippen LogP contribution in [0, 0.1) is 0 Å².